The van der Waals surface area contributed by atoms with E-state index < -0.39 is 63.3 Å². The molecule has 0 bridgehead atoms. The van der Waals surface area contributed by atoms with Gasteiger partial charge in [-0.05, 0) is 110 Å². The van der Waals surface area contributed by atoms with E-state index >= 15 is 0 Å². The Morgan fingerprint density at radius 2 is 1.59 bits per heavy atom. The van der Waals surface area contributed by atoms with Crippen LogP contribution < -0.4 is 20.1 Å². The van der Waals surface area contributed by atoms with Gasteiger partial charge in [-0.1, -0.05) is 24.6 Å². The lowest BCUT2D eigenvalue weighted by Crippen LogP contribution is -2.52. The lowest BCUT2D eigenvalue weighted by molar-refractivity contribution is -0.197. The van der Waals surface area contributed by atoms with Crippen LogP contribution in [0.4, 0.5) is 5.69 Å². The Morgan fingerprint density at radius 3 is 2.28 bits per heavy atom. The SMILES string of the molecule is CCN(CC)c1ccc2c(-c3ccccc3C(=O)N3CCCC3C(=O)NC(CS(=O)(=O)O)C(=O)CCCN(C)CCCCCC(=O)ON3C(=O)CCC3=O)c3ccc(=[N+](CC)CC)cc-3oc2c1. The van der Waals surface area contributed by atoms with Crippen LogP contribution >= 0.6 is 0 Å². The molecule has 4 aliphatic rings. The van der Waals surface area contributed by atoms with Crippen LogP contribution in [0.2, 0.25) is 0 Å². The molecule has 6 rings (SSSR count). The molecule has 4 amide bonds. The maximum absolute atomic E-state index is 14.8. The normalized spacial score (nSPS) is 15.7. The number of carbonyl (C=O) groups is 6. The molecule has 2 N–H and O–H groups in total. The topological polar surface area (TPSA) is 207 Å². The predicted octanol–water partition coefficient (Wildman–Crippen LogP) is 5.29. The number of amides is 4. The van der Waals surface area contributed by atoms with Gasteiger partial charge < -0.3 is 29.3 Å². The second kappa shape index (κ2) is 23.4. The zero-order valence-electron chi connectivity index (χ0n) is 39.8. The molecule has 3 heterocycles. The van der Waals surface area contributed by atoms with Crippen molar-refractivity contribution >= 4 is 62.2 Å². The molecule has 2 atom stereocenters. The van der Waals surface area contributed by atoms with Crippen molar-refractivity contribution < 1.29 is 51.0 Å². The summed E-state index contributed by atoms with van der Waals surface area (Å²) in [6.07, 6.45) is 3.02. The second-order valence-electron chi connectivity index (χ2n) is 17.4. The smallest absolute Gasteiger partial charge is 0.333 e. The van der Waals surface area contributed by atoms with E-state index in [1.165, 1.54) is 4.90 Å². The zero-order valence-corrected chi connectivity index (χ0v) is 40.6. The Kier molecular flexibility index (Phi) is 17.7. The molecule has 1 aliphatic carbocycles. The minimum Gasteiger partial charge on any atom is -0.456 e. The van der Waals surface area contributed by atoms with Crippen LogP contribution in [0.15, 0.2) is 65.1 Å². The van der Waals surface area contributed by atoms with E-state index in [1.54, 1.807) is 12.1 Å². The van der Waals surface area contributed by atoms with Crippen LogP contribution in [0, 0.1) is 0 Å². The summed E-state index contributed by atoms with van der Waals surface area (Å²) in [6, 6.07) is 17.0. The van der Waals surface area contributed by atoms with Crippen LogP contribution in [0.5, 0.6) is 0 Å². The van der Waals surface area contributed by atoms with Crippen molar-refractivity contribution in [3.05, 3.63) is 71.6 Å². The van der Waals surface area contributed by atoms with E-state index in [0.717, 1.165) is 53.7 Å². The molecule has 366 valence electrons. The first-order valence-electron chi connectivity index (χ1n) is 23.8. The molecule has 18 heteroatoms. The lowest BCUT2D eigenvalue weighted by atomic mass is 9.90. The number of hydrogen-bond donors (Lipinski definition) is 2. The van der Waals surface area contributed by atoms with E-state index in [4.69, 9.17) is 9.25 Å². The third-order valence-electron chi connectivity index (χ3n) is 12.9. The number of hydroxylamine groups is 2. The van der Waals surface area contributed by atoms with Gasteiger partial charge in [-0.2, -0.15) is 8.42 Å². The number of hydrogen-bond acceptors (Lipinski definition) is 12. The van der Waals surface area contributed by atoms with E-state index in [0.29, 0.717) is 72.7 Å². The van der Waals surface area contributed by atoms with Crippen molar-refractivity contribution in [2.24, 2.45) is 0 Å². The molecular weight excluding hydrogens is 893 g/mol. The Bertz CT molecular complexity index is 2640. The molecule has 0 spiro atoms. The number of nitrogens with one attached hydrogen (secondary N) is 1. The number of rotatable bonds is 23. The van der Waals surface area contributed by atoms with Crippen molar-refractivity contribution in [2.45, 2.75) is 104 Å². The molecule has 2 saturated heterocycles. The number of fused-ring (bicyclic) bond motifs is 2. The van der Waals surface area contributed by atoms with Crippen molar-refractivity contribution in [3.63, 3.8) is 0 Å². The average molecular weight is 958 g/mol. The quantitative estimate of drug-likeness (QED) is 0.0319. The monoisotopic (exact) mass is 957 g/mol. The van der Waals surface area contributed by atoms with Gasteiger partial charge in [-0.25, -0.2) is 9.37 Å². The number of unbranched alkanes of at least 4 members (excludes halogenated alkanes) is 2. The van der Waals surface area contributed by atoms with Gasteiger partial charge in [0, 0.05) is 85.2 Å². The summed E-state index contributed by atoms with van der Waals surface area (Å²) >= 11 is 0. The average Bonchev–Trinajstić information content (AvgIpc) is 3.93. The first-order valence-corrected chi connectivity index (χ1v) is 25.4. The van der Waals surface area contributed by atoms with Crippen LogP contribution in [-0.2, 0) is 38.9 Å². The van der Waals surface area contributed by atoms with Crippen LogP contribution in [0.1, 0.15) is 102 Å². The lowest BCUT2D eigenvalue weighted by Gasteiger charge is -2.27. The number of anilines is 1. The van der Waals surface area contributed by atoms with E-state index in [9.17, 15) is 41.7 Å². The maximum Gasteiger partial charge on any atom is 0.333 e. The Labute approximate surface area is 398 Å². The molecule has 3 aliphatic heterocycles. The van der Waals surface area contributed by atoms with Gasteiger partial charge in [0.25, 0.3) is 27.8 Å². The summed E-state index contributed by atoms with van der Waals surface area (Å²) in [5.74, 6) is -3.71. The minimum absolute atomic E-state index is 0.0268. The van der Waals surface area contributed by atoms with Gasteiger partial charge in [0.05, 0.1) is 6.07 Å². The standard InChI is InChI=1S/C50H64N6O11S/c1-6-53(7-2)34-22-24-38-43(31-34)66-44-32-35(54(8-3)9-4)23-25-39(44)48(38)36-17-12-13-18-37(36)50(62)55-30-15-19-41(55)49(61)51-40(33-68(63,64)65)42(57)20-16-29-52(5)28-14-10-11-21-47(60)67-56-45(58)26-27-46(56)59/h12-13,17-18,22-25,31-32,40-41H,6-11,14-16,19-21,26-30,33H2,1-5H3,(H-,51,61,63,64,65)/p+1. The summed E-state index contributed by atoms with van der Waals surface area (Å²) in [4.78, 5) is 88.4. The summed E-state index contributed by atoms with van der Waals surface area (Å²) in [5, 5.41) is 4.93. The fraction of sp³-hybridized carbons (Fsp3) is 0.500. The predicted molar refractivity (Wildman–Crippen MR) is 258 cm³/mol. The molecule has 2 unspecified atom stereocenters. The van der Waals surface area contributed by atoms with Gasteiger partial charge in [0.2, 0.25) is 11.3 Å². The number of nitrogens with zero attached hydrogens (tertiary/aromatic N) is 5. The summed E-state index contributed by atoms with van der Waals surface area (Å²) in [6.45, 7) is 13.0. The maximum atomic E-state index is 14.8. The third kappa shape index (κ3) is 12.6. The number of carbonyl (C=O) groups excluding carboxylic acids is 6. The highest BCUT2D eigenvalue weighted by molar-refractivity contribution is 7.85. The Hall–Kier alpha value is -5.98. The Morgan fingerprint density at radius 1 is 0.882 bits per heavy atom. The van der Waals surface area contributed by atoms with Crippen molar-refractivity contribution in [1.82, 2.24) is 24.8 Å². The minimum atomic E-state index is -4.69. The number of ketones is 1. The van der Waals surface area contributed by atoms with Crippen molar-refractivity contribution in [1.29, 1.82) is 0 Å². The van der Waals surface area contributed by atoms with E-state index in [1.807, 2.05) is 48.3 Å². The Balaban J connectivity index is 1.14. The number of imide groups is 1. The van der Waals surface area contributed by atoms with Gasteiger partial charge in [-0.3, -0.25) is 28.5 Å². The third-order valence-corrected chi connectivity index (χ3v) is 13.6. The van der Waals surface area contributed by atoms with Crippen LogP contribution in [0.3, 0.4) is 0 Å². The number of Topliss-reactive ketones (excluding diaryl/α,β-unsaturated/α-hetero) is 1. The molecular formula is C50H65N6O11S+. The zero-order chi connectivity index (χ0) is 49.1. The molecule has 0 aromatic heterocycles. The molecule has 0 radical (unpaired) electrons. The van der Waals surface area contributed by atoms with Crippen LogP contribution in [-0.4, -0.2) is 134 Å². The fourth-order valence-corrected chi connectivity index (χ4v) is 9.88. The first kappa shape index (κ1) is 51.4. The van der Waals surface area contributed by atoms with Gasteiger partial charge in [-0.15, -0.1) is 5.06 Å². The summed E-state index contributed by atoms with van der Waals surface area (Å²) < 4.78 is 43.0. The molecule has 2 aromatic carbocycles. The molecule has 2 aromatic rings. The van der Waals surface area contributed by atoms with Crippen LogP contribution in [0.25, 0.3) is 33.4 Å². The van der Waals surface area contributed by atoms with Gasteiger partial charge in [0.15, 0.2) is 5.78 Å². The van der Waals surface area contributed by atoms with Crippen molar-refractivity contribution in [2.75, 3.05) is 63.5 Å². The molecule has 0 saturated carbocycles. The molecule has 68 heavy (non-hydrogen) atoms. The van der Waals surface area contributed by atoms with Crippen molar-refractivity contribution in [3.8, 4) is 22.5 Å². The first-order chi connectivity index (χ1) is 32.6. The highest BCUT2D eigenvalue weighted by atomic mass is 32.2. The molecule has 17 nitrogen and oxygen atoms in total. The summed E-state index contributed by atoms with van der Waals surface area (Å²) in [7, 11) is -2.83. The van der Waals surface area contributed by atoms with Gasteiger partial charge >= 0.3 is 5.97 Å². The van der Waals surface area contributed by atoms with E-state index in [2.05, 4.69) is 54.6 Å². The number of likely N-dealkylation sites (tertiary alicyclic amines) is 1. The number of benzene rings is 3. The highest BCUT2D eigenvalue weighted by Gasteiger charge is 2.38. The fourth-order valence-electron chi connectivity index (χ4n) is 9.19. The highest BCUT2D eigenvalue weighted by Crippen LogP contribution is 2.42. The summed E-state index contributed by atoms with van der Waals surface area (Å²) in [5.41, 5.74) is 4.30. The second-order valence-corrected chi connectivity index (χ2v) is 18.9. The molecule has 2 fully saturated rings. The largest absolute Gasteiger partial charge is 0.456 e. The van der Waals surface area contributed by atoms with Gasteiger partial charge in [0.1, 0.15) is 42.3 Å². The van der Waals surface area contributed by atoms with E-state index in [-0.39, 0.29) is 38.6 Å².